The molecule has 0 aliphatic heterocycles. The van der Waals surface area contributed by atoms with E-state index in [1.807, 2.05) is 0 Å². The summed E-state index contributed by atoms with van der Waals surface area (Å²) in [6.45, 7) is 10.7. The van der Waals surface area contributed by atoms with Crippen molar-refractivity contribution < 1.29 is 4.74 Å². The largest absolute Gasteiger partial charge is 0.365 e. The van der Waals surface area contributed by atoms with Gasteiger partial charge in [0, 0.05) is 6.54 Å². The van der Waals surface area contributed by atoms with Crippen LogP contribution in [0.4, 0.5) is 0 Å². The molecular weight excluding hydrogens is 332 g/mol. The van der Waals surface area contributed by atoms with Crippen LogP contribution >= 0.6 is 0 Å². The molecule has 0 fully saturated rings. The van der Waals surface area contributed by atoms with E-state index in [9.17, 15) is 0 Å². The molecule has 1 heterocycles. The summed E-state index contributed by atoms with van der Waals surface area (Å²) < 4.78 is 8.84. The fraction of sp³-hybridized carbons (Fsp3) is 0.458. The van der Waals surface area contributed by atoms with Gasteiger partial charge in [-0.15, -0.1) is 0 Å². The van der Waals surface area contributed by atoms with Crippen LogP contribution in [0, 0.1) is 11.8 Å². The highest BCUT2D eigenvalue weighted by Crippen LogP contribution is 2.30. The number of benzene rings is 2. The fourth-order valence-electron chi connectivity index (χ4n) is 3.25. The molecule has 3 nitrogen and oxygen atoms in total. The maximum Gasteiger partial charge on any atom is 0.143 e. The van der Waals surface area contributed by atoms with Crippen molar-refractivity contribution in [2.45, 2.75) is 53.2 Å². The maximum atomic E-state index is 6.47. The number of imidazole rings is 1. The molecule has 3 heteroatoms. The van der Waals surface area contributed by atoms with E-state index < -0.39 is 0 Å². The Morgan fingerprint density at radius 2 is 1.56 bits per heavy atom. The average Bonchev–Trinajstić information content (AvgIpc) is 3.06. The lowest BCUT2D eigenvalue weighted by Gasteiger charge is -2.22. The van der Waals surface area contributed by atoms with Crippen molar-refractivity contribution in [3.05, 3.63) is 66.0 Å². The number of fused-ring (bicyclic) bond motifs is 1. The Bertz CT molecular complexity index is 840. The van der Waals surface area contributed by atoms with Crippen molar-refractivity contribution in [1.82, 2.24) is 9.55 Å². The monoisotopic (exact) mass is 364 g/mol. The van der Waals surface area contributed by atoms with Crippen LogP contribution in [0.25, 0.3) is 11.0 Å². The summed E-state index contributed by atoms with van der Waals surface area (Å²) in [4.78, 5) is 5.02. The first-order valence-corrected chi connectivity index (χ1v) is 10.3. The lowest BCUT2D eigenvalue weighted by molar-refractivity contribution is 0.0480. The highest BCUT2D eigenvalue weighted by atomic mass is 16.5. The van der Waals surface area contributed by atoms with Gasteiger partial charge >= 0.3 is 0 Å². The molecule has 0 radical (unpaired) electrons. The van der Waals surface area contributed by atoms with E-state index in [-0.39, 0.29) is 6.10 Å². The Morgan fingerprint density at radius 1 is 0.889 bits per heavy atom. The highest BCUT2D eigenvalue weighted by molar-refractivity contribution is 5.76. The van der Waals surface area contributed by atoms with Gasteiger partial charge in [0.15, 0.2) is 0 Å². The van der Waals surface area contributed by atoms with Crippen LogP contribution in [0.2, 0.25) is 0 Å². The molecule has 0 amide bonds. The van der Waals surface area contributed by atoms with Crippen LogP contribution in [-0.2, 0) is 11.3 Å². The predicted molar refractivity (Wildman–Crippen MR) is 113 cm³/mol. The second kappa shape index (κ2) is 9.18. The number of aromatic nitrogens is 2. The lowest BCUT2D eigenvalue weighted by atomic mass is 10.1. The third-order valence-corrected chi connectivity index (χ3v) is 5.46. The summed E-state index contributed by atoms with van der Waals surface area (Å²) in [6.07, 6.45) is 2.12. The Labute approximate surface area is 163 Å². The van der Waals surface area contributed by atoms with E-state index in [1.54, 1.807) is 0 Å². The number of hydrogen-bond donors (Lipinski definition) is 0. The van der Waals surface area contributed by atoms with Crippen molar-refractivity contribution in [3.8, 4) is 0 Å². The van der Waals surface area contributed by atoms with Crippen molar-refractivity contribution in [2.75, 3.05) is 6.61 Å². The summed E-state index contributed by atoms with van der Waals surface area (Å²) in [5, 5.41) is 0. The Hall–Kier alpha value is -2.13. The molecule has 3 atom stereocenters. The minimum atomic E-state index is -0.142. The van der Waals surface area contributed by atoms with E-state index in [2.05, 4.69) is 86.9 Å². The van der Waals surface area contributed by atoms with Crippen molar-refractivity contribution in [3.63, 3.8) is 0 Å². The fourth-order valence-corrected chi connectivity index (χ4v) is 3.25. The number of hydrogen-bond acceptors (Lipinski definition) is 2. The van der Waals surface area contributed by atoms with Crippen molar-refractivity contribution >= 4 is 11.0 Å². The van der Waals surface area contributed by atoms with Crippen LogP contribution in [0.1, 0.15) is 58.0 Å². The molecule has 0 unspecified atom stereocenters. The van der Waals surface area contributed by atoms with Gasteiger partial charge in [0.25, 0.3) is 0 Å². The zero-order valence-corrected chi connectivity index (χ0v) is 17.1. The molecule has 3 rings (SSSR count). The van der Waals surface area contributed by atoms with Crippen LogP contribution in [0.15, 0.2) is 54.6 Å². The summed E-state index contributed by atoms with van der Waals surface area (Å²) in [5.74, 6) is 2.14. The summed E-state index contributed by atoms with van der Waals surface area (Å²) in [6, 6.07) is 18.9. The van der Waals surface area contributed by atoms with Crippen molar-refractivity contribution in [1.29, 1.82) is 0 Å². The molecule has 0 spiro atoms. The van der Waals surface area contributed by atoms with Crippen molar-refractivity contribution in [2.24, 2.45) is 11.8 Å². The first kappa shape index (κ1) is 19.6. The van der Waals surface area contributed by atoms with E-state index >= 15 is 0 Å². The summed E-state index contributed by atoms with van der Waals surface area (Å²) in [5.41, 5.74) is 3.41. The van der Waals surface area contributed by atoms with Gasteiger partial charge < -0.3 is 9.30 Å². The second-order valence-electron chi connectivity index (χ2n) is 7.72. The molecule has 0 aliphatic carbocycles. The van der Waals surface area contributed by atoms with E-state index in [4.69, 9.17) is 9.72 Å². The molecule has 0 saturated carbocycles. The SMILES string of the molecule is CC[C@@H](C)Cn1c([C@@H](OC[C@@H](C)CC)c2ccccc2)nc2ccccc21. The van der Waals surface area contributed by atoms with Gasteiger partial charge in [-0.25, -0.2) is 4.98 Å². The van der Waals surface area contributed by atoms with Crippen LogP contribution in [-0.4, -0.2) is 16.2 Å². The molecule has 1 aromatic heterocycles. The molecule has 0 saturated heterocycles. The second-order valence-corrected chi connectivity index (χ2v) is 7.72. The van der Waals surface area contributed by atoms with E-state index in [0.29, 0.717) is 11.8 Å². The first-order valence-electron chi connectivity index (χ1n) is 10.3. The van der Waals surface area contributed by atoms with Crippen LogP contribution in [0.3, 0.4) is 0 Å². The van der Waals surface area contributed by atoms with Crippen LogP contribution < -0.4 is 0 Å². The normalized spacial score (nSPS) is 15.0. The molecule has 0 bridgehead atoms. The minimum Gasteiger partial charge on any atom is -0.365 e. The molecule has 3 aromatic rings. The highest BCUT2D eigenvalue weighted by Gasteiger charge is 2.24. The number of nitrogens with zero attached hydrogens (tertiary/aromatic N) is 2. The molecule has 144 valence electrons. The zero-order valence-electron chi connectivity index (χ0n) is 17.1. The minimum absolute atomic E-state index is 0.142. The van der Waals surface area contributed by atoms with Gasteiger partial charge in [-0.3, -0.25) is 0 Å². The average molecular weight is 365 g/mol. The third kappa shape index (κ3) is 4.59. The quantitative estimate of drug-likeness (QED) is 0.450. The van der Waals surface area contributed by atoms with Crippen LogP contribution in [0.5, 0.6) is 0 Å². The third-order valence-electron chi connectivity index (χ3n) is 5.46. The predicted octanol–water partition coefficient (Wildman–Crippen LogP) is 6.23. The van der Waals surface area contributed by atoms with Gasteiger partial charge in [0.1, 0.15) is 11.9 Å². The van der Waals surface area contributed by atoms with Gasteiger partial charge in [0.2, 0.25) is 0 Å². The van der Waals surface area contributed by atoms with Gasteiger partial charge in [-0.05, 0) is 29.5 Å². The Balaban J connectivity index is 2.07. The van der Waals surface area contributed by atoms with Gasteiger partial charge in [-0.2, -0.15) is 0 Å². The molecule has 27 heavy (non-hydrogen) atoms. The lowest BCUT2D eigenvalue weighted by Crippen LogP contribution is -2.18. The maximum absolute atomic E-state index is 6.47. The number of para-hydroxylation sites is 2. The smallest absolute Gasteiger partial charge is 0.143 e. The molecule has 2 aromatic carbocycles. The summed E-state index contributed by atoms with van der Waals surface area (Å²) >= 11 is 0. The van der Waals surface area contributed by atoms with E-state index in [1.165, 1.54) is 11.1 Å². The molecular formula is C24H32N2O. The van der Waals surface area contributed by atoms with Gasteiger partial charge in [0.05, 0.1) is 17.6 Å². The number of rotatable bonds is 9. The Kier molecular flexibility index (Phi) is 6.68. The van der Waals surface area contributed by atoms with Gasteiger partial charge in [-0.1, -0.05) is 83.0 Å². The molecule has 0 N–H and O–H groups in total. The summed E-state index contributed by atoms with van der Waals surface area (Å²) in [7, 11) is 0. The Morgan fingerprint density at radius 3 is 2.26 bits per heavy atom. The number of ether oxygens (including phenoxy) is 1. The standard InChI is InChI=1S/C24H32N2O/c1-5-18(3)16-26-22-15-11-10-14-21(22)25-24(26)23(27-17-19(4)6-2)20-12-8-7-9-13-20/h7-15,18-19,23H,5-6,16-17H2,1-4H3/t18-,19+,23+/m1/s1. The topological polar surface area (TPSA) is 27.1 Å². The van der Waals surface area contributed by atoms with E-state index in [0.717, 1.165) is 37.3 Å². The molecule has 0 aliphatic rings. The first-order chi connectivity index (χ1) is 13.1. The zero-order chi connectivity index (χ0) is 19.2.